The number of halogens is 5. The lowest BCUT2D eigenvalue weighted by molar-refractivity contribution is -0.204. The molecular weight excluding hydrogens is 575 g/mol. The van der Waals surface area contributed by atoms with Crippen LogP contribution in [0, 0.1) is 11.3 Å². The van der Waals surface area contributed by atoms with E-state index in [9.17, 15) is 31.5 Å². The van der Waals surface area contributed by atoms with Gasteiger partial charge >= 0.3 is 6.18 Å². The standard InChI is InChI=1S/C21H22F2N6O3.C5H9F3.C3H6/c22-21(23)7-12(8-21)6-17(30)24-9-11-1-4-14-15(5-11)27-16(26-14)10-25-20(31)19-18(13-2-3-13)28-32-29-19;1-4(2,3)5(6,7)8;1-2-3-1/h1,4-5,12-13H,2-3,6-10H2,(H,24,30)(H,25,31)(H,26,27);1-3H3;1-3H2. The summed E-state index contributed by atoms with van der Waals surface area (Å²) in [4.78, 5) is 32.0. The predicted molar refractivity (Wildman–Crippen MR) is 147 cm³/mol. The van der Waals surface area contributed by atoms with Crippen molar-refractivity contribution in [2.24, 2.45) is 11.3 Å². The number of aromatic amines is 1. The summed E-state index contributed by atoms with van der Waals surface area (Å²) in [6.45, 7) is 3.92. The SMILES string of the molecule is C1CC1.CC(C)(C)C(F)(F)F.O=C(CC1CC(F)(F)C1)NCc1ccc2nc(CNC(=O)c3nonc3C3CC3)[nH]c2c1. The lowest BCUT2D eigenvalue weighted by atomic mass is 9.79. The second kappa shape index (κ2) is 13.0. The van der Waals surface area contributed by atoms with Crippen LogP contribution in [-0.4, -0.2) is 44.2 Å². The zero-order valence-electron chi connectivity index (χ0n) is 24.4. The maximum Gasteiger partial charge on any atom is 0.393 e. The van der Waals surface area contributed by atoms with E-state index in [4.69, 9.17) is 4.63 Å². The van der Waals surface area contributed by atoms with Crippen LogP contribution in [0.4, 0.5) is 22.0 Å². The van der Waals surface area contributed by atoms with Gasteiger partial charge < -0.3 is 15.6 Å². The third-order valence-corrected chi connectivity index (χ3v) is 7.05. The van der Waals surface area contributed by atoms with Gasteiger partial charge in [-0.3, -0.25) is 9.59 Å². The summed E-state index contributed by atoms with van der Waals surface area (Å²) in [7, 11) is 0. The van der Waals surface area contributed by atoms with Crippen LogP contribution >= 0.6 is 0 Å². The van der Waals surface area contributed by atoms with Crippen molar-refractivity contribution in [3.05, 3.63) is 41.0 Å². The van der Waals surface area contributed by atoms with Gasteiger partial charge in [0.05, 0.1) is 23.0 Å². The van der Waals surface area contributed by atoms with Crippen molar-refractivity contribution in [1.29, 1.82) is 0 Å². The molecule has 236 valence electrons. The number of carbonyl (C=O) groups excluding carboxylic acids is 2. The molecule has 6 rings (SSSR count). The van der Waals surface area contributed by atoms with Crippen LogP contribution in [-0.2, 0) is 17.9 Å². The van der Waals surface area contributed by atoms with Gasteiger partial charge in [0.1, 0.15) is 11.5 Å². The van der Waals surface area contributed by atoms with E-state index in [2.05, 4.69) is 30.9 Å². The molecule has 0 radical (unpaired) electrons. The summed E-state index contributed by atoms with van der Waals surface area (Å²) >= 11 is 0. The van der Waals surface area contributed by atoms with Gasteiger partial charge in [0.15, 0.2) is 5.69 Å². The fourth-order valence-corrected chi connectivity index (χ4v) is 3.99. The molecule has 3 N–H and O–H groups in total. The van der Waals surface area contributed by atoms with Gasteiger partial charge in [-0.2, -0.15) is 13.2 Å². The number of nitrogens with zero attached hydrogens (tertiary/aromatic N) is 3. The number of hydrogen-bond acceptors (Lipinski definition) is 6. The Morgan fingerprint density at radius 1 is 1.02 bits per heavy atom. The minimum atomic E-state index is -4.06. The number of carbonyl (C=O) groups is 2. The highest BCUT2D eigenvalue weighted by atomic mass is 19.4. The van der Waals surface area contributed by atoms with Crippen molar-refractivity contribution >= 4 is 22.8 Å². The van der Waals surface area contributed by atoms with Crippen LogP contribution in [0.25, 0.3) is 11.0 Å². The monoisotopic (exact) mass is 612 g/mol. The van der Waals surface area contributed by atoms with E-state index >= 15 is 0 Å². The smallest absolute Gasteiger partial charge is 0.352 e. The maximum atomic E-state index is 12.9. The molecule has 0 saturated heterocycles. The zero-order chi connectivity index (χ0) is 31.4. The average Bonchev–Trinajstić information content (AvgIpc) is 3.85. The van der Waals surface area contributed by atoms with Gasteiger partial charge in [0.2, 0.25) is 11.8 Å². The minimum absolute atomic E-state index is 0.120. The largest absolute Gasteiger partial charge is 0.393 e. The summed E-state index contributed by atoms with van der Waals surface area (Å²) in [5.41, 5.74) is 1.60. The Bertz CT molecular complexity index is 1380. The van der Waals surface area contributed by atoms with E-state index in [1.807, 2.05) is 18.2 Å². The van der Waals surface area contributed by atoms with Crippen molar-refractivity contribution in [2.75, 3.05) is 0 Å². The quantitative estimate of drug-likeness (QED) is 0.247. The number of rotatable bonds is 8. The number of alkyl halides is 5. The first-order chi connectivity index (χ1) is 20.1. The number of benzene rings is 1. The number of H-pyrrole nitrogens is 1. The molecule has 0 aliphatic heterocycles. The van der Waals surface area contributed by atoms with Gasteiger partial charge in [-0.15, -0.1) is 0 Å². The predicted octanol–water partition coefficient (Wildman–Crippen LogP) is 6.57. The van der Waals surface area contributed by atoms with E-state index in [0.29, 0.717) is 18.1 Å². The Kier molecular flexibility index (Phi) is 9.75. The third-order valence-electron chi connectivity index (χ3n) is 7.05. The molecule has 0 bridgehead atoms. The minimum Gasteiger partial charge on any atom is -0.352 e. The lowest BCUT2D eigenvalue weighted by Gasteiger charge is -2.34. The van der Waals surface area contributed by atoms with Gasteiger partial charge in [0, 0.05) is 31.7 Å². The molecule has 0 spiro atoms. The Hall–Kier alpha value is -3.58. The van der Waals surface area contributed by atoms with Crippen LogP contribution in [0.2, 0.25) is 0 Å². The van der Waals surface area contributed by atoms with E-state index in [1.54, 1.807) is 0 Å². The first-order valence-electron chi connectivity index (χ1n) is 14.4. The Labute approximate surface area is 245 Å². The topological polar surface area (TPSA) is 126 Å². The van der Waals surface area contributed by atoms with Gasteiger partial charge in [0.25, 0.3) is 5.91 Å². The molecule has 3 saturated carbocycles. The molecule has 14 heteroatoms. The third kappa shape index (κ3) is 9.72. The van der Waals surface area contributed by atoms with E-state index in [1.165, 1.54) is 19.3 Å². The first kappa shape index (κ1) is 32.3. The molecule has 2 amide bonds. The van der Waals surface area contributed by atoms with Crippen molar-refractivity contribution < 1.29 is 36.2 Å². The number of amides is 2. The molecule has 3 aromatic rings. The summed E-state index contributed by atoms with van der Waals surface area (Å²) < 4.78 is 65.2. The van der Waals surface area contributed by atoms with Crippen LogP contribution in [0.3, 0.4) is 0 Å². The van der Waals surface area contributed by atoms with Crippen molar-refractivity contribution in [3.8, 4) is 0 Å². The first-order valence-corrected chi connectivity index (χ1v) is 14.4. The lowest BCUT2D eigenvalue weighted by Crippen LogP contribution is -2.38. The summed E-state index contributed by atoms with van der Waals surface area (Å²) in [5.74, 6) is -2.62. The van der Waals surface area contributed by atoms with Crippen LogP contribution in [0.1, 0.15) is 106 Å². The number of hydrogen-bond donors (Lipinski definition) is 3. The van der Waals surface area contributed by atoms with Crippen LogP contribution in [0.5, 0.6) is 0 Å². The van der Waals surface area contributed by atoms with Crippen LogP contribution in [0.15, 0.2) is 22.8 Å². The van der Waals surface area contributed by atoms with E-state index in [0.717, 1.165) is 50.2 Å². The number of nitrogens with one attached hydrogen (secondary N) is 3. The molecule has 2 aromatic heterocycles. The molecule has 9 nitrogen and oxygen atoms in total. The van der Waals surface area contributed by atoms with E-state index in [-0.39, 0.29) is 55.2 Å². The van der Waals surface area contributed by atoms with Gasteiger partial charge in [-0.05, 0) is 41.6 Å². The second-order valence-corrected chi connectivity index (χ2v) is 12.4. The zero-order valence-corrected chi connectivity index (χ0v) is 24.4. The fraction of sp³-hybridized carbons (Fsp3) is 0.621. The Morgan fingerprint density at radius 2 is 1.67 bits per heavy atom. The number of aromatic nitrogens is 4. The second-order valence-electron chi connectivity index (χ2n) is 12.4. The molecule has 43 heavy (non-hydrogen) atoms. The summed E-state index contributed by atoms with van der Waals surface area (Å²) in [6, 6.07) is 5.52. The van der Waals surface area contributed by atoms with E-state index < -0.39 is 17.5 Å². The number of imidazole rings is 1. The molecule has 3 fully saturated rings. The number of fused-ring (bicyclic) bond motifs is 1. The molecule has 0 unspecified atom stereocenters. The normalized spacial score (nSPS) is 17.6. The molecule has 3 aliphatic rings. The molecule has 2 heterocycles. The van der Waals surface area contributed by atoms with Crippen molar-refractivity contribution in [2.45, 2.75) is 103 Å². The van der Waals surface area contributed by atoms with Crippen molar-refractivity contribution in [3.63, 3.8) is 0 Å². The fourth-order valence-electron chi connectivity index (χ4n) is 3.99. The Balaban J connectivity index is 0.000000326. The molecular formula is C29H37F5N6O3. The molecule has 0 atom stereocenters. The highest BCUT2D eigenvalue weighted by Crippen LogP contribution is 2.44. The molecule has 3 aliphatic carbocycles. The highest BCUT2D eigenvalue weighted by Gasteiger charge is 2.45. The average molecular weight is 613 g/mol. The van der Waals surface area contributed by atoms with Crippen LogP contribution < -0.4 is 10.6 Å². The summed E-state index contributed by atoms with van der Waals surface area (Å²) in [5, 5.41) is 13.1. The van der Waals surface area contributed by atoms with Gasteiger partial charge in [-0.1, -0.05) is 51.3 Å². The van der Waals surface area contributed by atoms with Gasteiger partial charge in [-0.25, -0.2) is 18.4 Å². The summed E-state index contributed by atoms with van der Waals surface area (Å²) in [6.07, 6.45) is 2.10. The maximum absolute atomic E-state index is 12.9. The molecule has 1 aromatic carbocycles. The Morgan fingerprint density at radius 3 is 2.23 bits per heavy atom. The highest BCUT2D eigenvalue weighted by molar-refractivity contribution is 5.93. The van der Waals surface area contributed by atoms with Crippen molar-refractivity contribution in [1.82, 2.24) is 30.9 Å².